The number of amides is 3. The van der Waals surface area contributed by atoms with Crippen molar-refractivity contribution in [1.29, 1.82) is 0 Å². The summed E-state index contributed by atoms with van der Waals surface area (Å²) in [5, 5.41) is 38.0. The first-order valence-electron chi connectivity index (χ1n) is 10.0. The zero-order valence-corrected chi connectivity index (χ0v) is 19.5. The van der Waals surface area contributed by atoms with E-state index >= 15 is 0 Å². The first-order chi connectivity index (χ1) is 16.2. The van der Waals surface area contributed by atoms with E-state index in [0.29, 0.717) is 16.0 Å². The van der Waals surface area contributed by atoms with Crippen LogP contribution in [0.1, 0.15) is 40.1 Å². The summed E-state index contributed by atoms with van der Waals surface area (Å²) in [6.45, 7) is 1.44. The highest BCUT2D eigenvalue weighted by atomic mass is 32.1. The van der Waals surface area contributed by atoms with Crippen molar-refractivity contribution >= 4 is 40.4 Å². The summed E-state index contributed by atoms with van der Waals surface area (Å²) in [5.74, 6) is -2.80. The summed E-state index contributed by atoms with van der Waals surface area (Å²) in [4.78, 5) is 38.1. The lowest BCUT2D eigenvalue weighted by Crippen LogP contribution is -2.50. The molecule has 2 aromatic heterocycles. The predicted octanol–water partition coefficient (Wildman–Crippen LogP) is 1.73. The van der Waals surface area contributed by atoms with E-state index < -0.39 is 41.6 Å². The number of halogens is 1. The van der Waals surface area contributed by atoms with E-state index in [2.05, 4.69) is 16.0 Å². The maximum Gasteiger partial charge on any atom is 0.262 e. The van der Waals surface area contributed by atoms with Crippen molar-refractivity contribution in [3.8, 4) is 5.75 Å². The van der Waals surface area contributed by atoms with Gasteiger partial charge in [0.15, 0.2) is 17.9 Å². The minimum atomic E-state index is -1.93. The van der Waals surface area contributed by atoms with Crippen LogP contribution in [0.5, 0.6) is 5.75 Å². The fraction of sp³-hybridized carbons (Fsp3) is 0.227. The lowest BCUT2D eigenvalue weighted by molar-refractivity contribution is -0.0638. The van der Waals surface area contributed by atoms with Gasteiger partial charge in [0, 0.05) is 13.1 Å². The van der Waals surface area contributed by atoms with Crippen LogP contribution in [-0.2, 0) is 6.54 Å². The molecular formula is C22H22FN3O6S2. The minimum absolute atomic E-state index is 0.0356. The molecular weight excluding hydrogens is 485 g/mol. The number of carbonyl (C=O) groups is 3. The molecule has 3 rings (SSSR count). The summed E-state index contributed by atoms with van der Waals surface area (Å²) in [6, 6.07) is 7.36. The largest absolute Gasteiger partial charge is 0.505 e. The highest BCUT2D eigenvalue weighted by Gasteiger charge is 2.24. The van der Waals surface area contributed by atoms with Gasteiger partial charge in [-0.3, -0.25) is 14.4 Å². The third-order valence-corrected chi connectivity index (χ3v) is 6.82. The van der Waals surface area contributed by atoms with Crippen LogP contribution in [0.15, 0.2) is 41.8 Å². The van der Waals surface area contributed by atoms with Gasteiger partial charge in [0.25, 0.3) is 17.7 Å². The van der Waals surface area contributed by atoms with E-state index in [1.54, 1.807) is 24.4 Å². The summed E-state index contributed by atoms with van der Waals surface area (Å²) in [5.41, 5.74) is 0.990. The fourth-order valence-corrected chi connectivity index (χ4v) is 4.55. The van der Waals surface area contributed by atoms with Crippen LogP contribution in [0.2, 0.25) is 0 Å². The smallest absolute Gasteiger partial charge is 0.262 e. The third kappa shape index (κ3) is 6.38. The molecule has 0 radical (unpaired) electrons. The summed E-state index contributed by atoms with van der Waals surface area (Å²) in [7, 11) is 0. The summed E-state index contributed by atoms with van der Waals surface area (Å²) >= 11 is 2.13. The van der Waals surface area contributed by atoms with E-state index in [1.165, 1.54) is 29.5 Å². The first kappa shape index (κ1) is 25.3. The monoisotopic (exact) mass is 507 g/mol. The van der Waals surface area contributed by atoms with Gasteiger partial charge in [0.2, 0.25) is 0 Å². The van der Waals surface area contributed by atoms with Gasteiger partial charge in [-0.1, -0.05) is 12.1 Å². The third-order valence-electron chi connectivity index (χ3n) is 4.72. The average Bonchev–Trinajstić information content (AvgIpc) is 3.47. The molecule has 1 atom stereocenters. The van der Waals surface area contributed by atoms with Crippen LogP contribution in [0.25, 0.3) is 0 Å². The van der Waals surface area contributed by atoms with Crippen molar-refractivity contribution in [2.75, 3.05) is 6.54 Å². The van der Waals surface area contributed by atoms with Crippen molar-refractivity contribution in [3.63, 3.8) is 0 Å². The second-order valence-corrected chi connectivity index (χ2v) is 9.27. The van der Waals surface area contributed by atoms with E-state index in [9.17, 15) is 34.1 Å². The van der Waals surface area contributed by atoms with Crippen molar-refractivity contribution in [2.24, 2.45) is 0 Å². The number of thiophene rings is 2. The number of benzene rings is 1. The van der Waals surface area contributed by atoms with Crippen LogP contribution < -0.4 is 16.0 Å². The van der Waals surface area contributed by atoms with Crippen molar-refractivity contribution < 1.29 is 34.1 Å². The summed E-state index contributed by atoms with van der Waals surface area (Å²) in [6.07, 6.45) is -1.93. The predicted molar refractivity (Wildman–Crippen MR) is 124 cm³/mol. The van der Waals surface area contributed by atoms with E-state index in [-0.39, 0.29) is 22.8 Å². The maximum atomic E-state index is 13.2. The zero-order chi connectivity index (χ0) is 24.8. The van der Waals surface area contributed by atoms with Crippen LogP contribution in [0.4, 0.5) is 4.39 Å². The SMILES string of the molecule is Cc1cc(C(=O)NCc2ccc(F)c(O)c2)sc1C(=O)NC(CNC(=O)c1cccs1)C(O)O. The molecule has 1 aromatic carbocycles. The van der Waals surface area contributed by atoms with Gasteiger partial charge < -0.3 is 31.3 Å². The summed E-state index contributed by atoms with van der Waals surface area (Å²) < 4.78 is 13.2. The molecule has 0 saturated heterocycles. The Morgan fingerprint density at radius 2 is 1.76 bits per heavy atom. The van der Waals surface area contributed by atoms with Crippen LogP contribution in [0.3, 0.4) is 0 Å². The molecule has 9 nitrogen and oxygen atoms in total. The van der Waals surface area contributed by atoms with Gasteiger partial charge in [-0.2, -0.15) is 0 Å². The molecule has 6 N–H and O–H groups in total. The number of rotatable bonds is 9. The molecule has 0 spiro atoms. The van der Waals surface area contributed by atoms with Crippen LogP contribution >= 0.6 is 22.7 Å². The van der Waals surface area contributed by atoms with E-state index in [4.69, 9.17) is 0 Å². The number of hydrogen-bond acceptors (Lipinski definition) is 8. The van der Waals surface area contributed by atoms with Gasteiger partial charge in [-0.05, 0) is 47.7 Å². The molecule has 0 bridgehead atoms. The number of aliphatic hydroxyl groups excluding tert-OH is 1. The van der Waals surface area contributed by atoms with Crippen LogP contribution in [0, 0.1) is 12.7 Å². The fourth-order valence-electron chi connectivity index (χ4n) is 2.92. The highest BCUT2D eigenvalue weighted by Crippen LogP contribution is 2.23. The molecule has 0 aliphatic rings. The number of phenols is 1. The molecule has 12 heteroatoms. The number of nitrogens with one attached hydrogen (secondary N) is 3. The van der Waals surface area contributed by atoms with Crippen molar-refractivity contribution in [2.45, 2.75) is 25.8 Å². The van der Waals surface area contributed by atoms with Crippen molar-refractivity contribution in [3.05, 3.63) is 73.4 Å². The van der Waals surface area contributed by atoms with Gasteiger partial charge in [0.05, 0.1) is 20.7 Å². The topological polar surface area (TPSA) is 148 Å². The number of hydrogen-bond donors (Lipinski definition) is 6. The van der Waals surface area contributed by atoms with E-state index in [1.807, 2.05) is 0 Å². The number of carbonyl (C=O) groups excluding carboxylic acids is 3. The maximum absolute atomic E-state index is 13.2. The Bertz CT molecular complexity index is 1180. The van der Waals surface area contributed by atoms with Crippen LogP contribution in [-0.4, -0.2) is 51.9 Å². The van der Waals surface area contributed by atoms with Gasteiger partial charge in [-0.25, -0.2) is 4.39 Å². The number of aliphatic hydroxyl groups is 2. The van der Waals surface area contributed by atoms with Gasteiger partial charge in [0.1, 0.15) is 0 Å². The molecule has 3 amide bonds. The lowest BCUT2D eigenvalue weighted by Gasteiger charge is -2.20. The van der Waals surface area contributed by atoms with Gasteiger partial charge >= 0.3 is 0 Å². The lowest BCUT2D eigenvalue weighted by atomic mass is 10.2. The Hall–Kier alpha value is -3.32. The quantitative estimate of drug-likeness (QED) is 0.243. The second kappa shape index (κ2) is 11.2. The van der Waals surface area contributed by atoms with Gasteiger partial charge in [-0.15, -0.1) is 22.7 Å². The normalized spacial score (nSPS) is 11.8. The molecule has 0 aliphatic heterocycles. The molecule has 3 aromatic rings. The molecule has 34 heavy (non-hydrogen) atoms. The molecule has 1 unspecified atom stereocenters. The number of aromatic hydroxyl groups is 1. The molecule has 0 fully saturated rings. The second-order valence-electron chi connectivity index (χ2n) is 7.27. The van der Waals surface area contributed by atoms with E-state index in [0.717, 1.165) is 17.4 Å². The molecule has 2 heterocycles. The molecule has 0 aliphatic carbocycles. The molecule has 0 saturated carbocycles. The van der Waals surface area contributed by atoms with Crippen molar-refractivity contribution in [1.82, 2.24) is 16.0 Å². The minimum Gasteiger partial charge on any atom is -0.505 e. The Morgan fingerprint density at radius 1 is 1.03 bits per heavy atom. The first-order valence-corrected chi connectivity index (χ1v) is 11.7. The Labute approximate surface area is 201 Å². The number of aryl methyl sites for hydroxylation is 1. The Morgan fingerprint density at radius 3 is 2.41 bits per heavy atom. The highest BCUT2D eigenvalue weighted by molar-refractivity contribution is 7.16. The Balaban J connectivity index is 1.60. The number of phenolic OH excluding ortho intramolecular Hbond substituents is 1. The molecule has 180 valence electrons. The Kier molecular flexibility index (Phi) is 8.34. The average molecular weight is 508 g/mol. The zero-order valence-electron chi connectivity index (χ0n) is 17.9. The standard InChI is InChI=1S/C22H22FN3O6S2/c1-11-7-17(20(29)24-9-12-4-5-13(23)15(27)8-12)34-18(11)21(30)26-14(22(31)32)10-25-19(28)16-3-2-6-33-16/h2-8,14,22,27,31-32H,9-10H2,1H3,(H,24,29)(H,25,28)(H,26,30).